The molecule has 3 aromatic rings. The Morgan fingerprint density at radius 3 is 2.95 bits per heavy atom. The van der Waals surface area contributed by atoms with Crippen molar-refractivity contribution in [1.82, 2.24) is 4.98 Å². The van der Waals surface area contributed by atoms with Crippen molar-refractivity contribution in [2.45, 2.75) is 13.3 Å². The summed E-state index contributed by atoms with van der Waals surface area (Å²) < 4.78 is 10.6. The number of fused-ring (bicyclic) bond motifs is 1. The van der Waals surface area contributed by atoms with Crippen molar-refractivity contribution >= 4 is 22.7 Å². The van der Waals surface area contributed by atoms with Crippen LogP contribution >= 0.6 is 0 Å². The van der Waals surface area contributed by atoms with Crippen LogP contribution in [0.2, 0.25) is 0 Å². The van der Waals surface area contributed by atoms with Gasteiger partial charge in [0.05, 0.1) is 13.5 Å². The highest BCUT2D eigenvalue weighted by Crippen LogP contribution is 2.19. The fourth-order valence-electron chi connectivity index (χ4n) is 2.29. The summed E-state index contributed by atoms with van der Waals surface area (Å²) in [4.78, 5) is 16.4. The molecule has 0 spiro atoms. The Morgan fingerprint density at radius 2 is 2.14 bits per heavy atom. The topological polar surface area (TPSA) is 64.4 Å². The molecule has 5 nitrogen and oxygen atoms in total. The summed E-state index contributed by atoms with van der Waals surface area (Å²) in [5, 5.41) is 2.86. The molecule has 2 aromatic carbocycles. The minimum atomic E-state index is -0.0900. The van der Waals surface area contributed by atoms with Gasteiger partial charge in [0, 0.05) is 18.7 Å². The molecule has 112 valence electrons. The summed E-state index contributed by atoms with van der Waals surface area (Å²) in [5.74, 6) is 1.23. The van der Waals surface area contributed by atoms with Crippen LogP contribution in [0.4, 0.5) is 5.69 Å². The van der Waals surface area contributed by atoms with Crippen LogP contribution in [0.15, 0.2) is 46.9 Å². The van der Waals surface area contributed by atoms with Gasteiger partial charge in [-0.1, -0.05) is 12.1 Å². The van der Waals surface area contributed by atoms with Gasteiger partial charge in [0.15, 0.2) is 11.5 Å². The molecule has 0 saturated heterocycles. The van der Waals surface area contributed by atoms with Crippen molar-refractivity contribution in [3.63, 3.8) is 0 Å². The lowest BCUT2D eigenvalue weighted by Crippen LogP contribution is -2.14. The summed E-state index contributed by atoms with van der Waals surface area (Å²) in [7, 11) is 1.59. The molecule has 0 aliphatic heterocycles. The second-order valence-electron chi connectivity index (χ2n) is 4.99. The van der Waals surface area contributed by atoms with E-state index in [9.17, 15) is 4.79 Å². The quantitative estimate of drug-likeness (QED) is 0.802. The lowest BCUT2D eigenvalue weighted by molar-refractivity contribution is -0.115. The maximum absolute atomic E-state index is 12.1. The number of hydrogen-bond donors (Lipinski definition) is 1. The molecule has 1 heterocycles. The van der Waals surface area contributed by atoms with E-state index >= 15 is 0 Å². The average Bonchev–Trinajstić information content (AvgIpc) is 2.86. The van der Waals surface area contributed by atoms with Crippen LogP contribution in [0.25, 0.3) is 11.1 Å². The number of hydrogen-bond acceptors (Lipinski definition) is 4. The van der Waals surface area contributed by atoms with Crippen LogP contribution in [0.5, 0.6) is 5.75 Å². The van der Waals surface area contributed by atoms with Gasteiger partial charge in [0.1, 0.15) is 11.3 Å². The highest BCUT2D eigenvalue weighted by Gasteiger charge is 2.08. The molecule has 0 radical (unpaired) electrons. The normalized spacial score (nSPS) is 10.6. The molecule has 0 saturated carbocycles. The minimum absolute atomic E-state index is 0.0900. The summed E-state index contributed by atoms with van der Waals surface area (Å²) >= 11 is 0. The number of carbonyl (C=O) groups excluding carboxylic acids is 1. The lowest BCUT2D eigenvalue weighted by atomic mass is 10.1. The Morgan fingerprint density at radius 1 is 1.27 bits per heavy atom. The first-order valence-electron chi connectivity index (χ1n) is 6.94. The summed E-state index contributed by atoms with van der Waals surface area (Å²) in [6.45, 7) is 1.80. The number of methoxy groups -OCH3 is 1. The molecule has 1 amide bonds. The molecule has 0 unspecified atom stereocenters. The van der Waals surface area contributed by atoms with Crippen molar-refractivity contribution in [1.29, 1.82) is 0 Å². The molecule has 5 heteroatoms. The second kappa shape index (κ2) is 5.89. The Bertz CT molecular complexity index is 824. The molecule has 0 aliphatic carbocycles. The van der Waals surface area contributed by atoms with Gasteiger partial charge >= 0.3 is 0 Å². The Balaban J connectivity index is 1.71. The number of ether oxygens (including phenoxy) is 1. The molecular formula is C17H16N2O3. The van der Waals surface area contributed by atoms with E-state index in [0.717, 1.165) is 16.7 Å². The molecular weight excluding hydrogens is 280 g/mol. The maximum atomic E-state index is 12.1. The van der Waals surface area contributed by atoms with Crippen LogP contribution < -0.4 is 10.1 Å². The van der Waals surface area contributed by atoms with Gasteiger partial charge in [0.2, 0.25) is 5.91 Å². The summed E-state index contributed by atoms with van der Waals surface area (Å²) in [6.07, 6.45) is 0.277. The highest BCUT2D eigenvalue weighted by atomic mass is 16.5. The van der Waals surface area contributed by atoms with E-state index in [4.69, 9.17) is 9.15 Å². The van der Waals surface area contributed by atoms with E-state index in [2.05, 4.69) is 10.3 Å². The second-order valence-corrected chi connectivity index (χ2v) is 4.99. The molecule has 0 atom stereocenters. The van der Waals surface area contributed by atoms with Gasteiger partial charge in [-0.05, 0) is 29.8 Å². The largest absolute Gasteiger partial charge is 0.497 e. The zero-order valence-corrected chi connectivity index (χ0v) is 12.4. The van der Waals surface area contributed by atoms with Crippen LogP contribution in [-0.4, -0.2) is 18.0 Å². The van der Waals surface area contributed by atoms with Gasteiger partial charge < -0.3 is 14.5 Å². The van der Waals surface area contributed by atoms with Gasteiger partial charge in [-0.25, -0.2) is 4.98 Å². The molecule has 0 fully saturated rings. The van der Waals surface area contributed by atoms with Crippen LogP contribution in [0.3, 0.4) is 0 Å². The lowest BCUT2D eigenvalue weighted by Gasteiger charge is -2.07. The van der Waals surface area contributed by atoms with Crippen molar-refractivity contribution < 1.29 is 13.9 Å². The maximum Gasteiger partial charge on any atom is 0.228 e. The fourth-order valence-corrected chi connectivity index (χ4v) is 2.29. The van der Waals surface area contributed by atoms with Crippen LogP contribution in [-0.2, 0) is 11.2 Å². The van der Waals surface area contributed by atoms with Crippen molar-refractivity contribution in [3.05, 3.63) is 53.9 Å². The van der Waals surface area contributed by atoms with E-state index < -0.39 is 0 Å². The first-order chi connectivity index (χ1) is 10.6. The number of amides is 1. The monoisotopic (exact) mass is 296 g/mol. The number of anilines is 1. The zero-order chi connectivity index (χ0) is 15.5. The van der Waals surface area contributed by atoms with E-state index in [-0.39, 0.29) is 12.3 Å². The number of aromatic nitrogens is 1. The molecule has 22 heavy (non-hydrogen) atoms. The minimum Gasteiger partial charge on any atom is -0.497 e. The van der Waals surface area contributed by atoms with Crippen LogP contribution in [0.1, 0.15) is 11.5 Å². The Labute approximate surface area is 127 Å². The average molecular weight is 296 g/mol. The first kappa shape index (κ1) is 14.1. The van der Waals surface area contributed by atoms with E-state index in [1.165, 1.54) is 0 Å². The highest BCUT2D eigenvalue weighted by molar-refractivity contribution is 5.93. The Hall–Kier alpha value is -2.82. The summed E-state index contributed by atoms with van der Waals surface area (Å²) in [5.41, 5.74) is 3.10. The van der Waals surface area contributed by atoms with Gasteiger partial charge in [-0.3, -0.25) is 4.79 Å². The van der Waals surface area contributed by atoms with Crippen LogP contribution in [0, 0.1) is 6.92 Å². The van der Waals surface area contributed by atoms with E-state index in [0.29, 0.717) is 17.3 Å². The smallest absolute Gasteiger partial charge is 0.228 e. The third-order valence-electron chi connectivity index (χ3n) is 3.28. The standard InChI is InChI=1S/C17H16N2O3/c1-11-18-15-8-12(6-7-16(15)22-11)9-17(20)19-13-4-3-5-14(10-13)21-2/h3-8,10H,9H2,1-2H3,(H,19,20). The summed E-state index contributed by atoms with van der Waals surface area (Å²) in [6, 6.07) is 12.8. The van der Waals surface area contributed by atoms with E-state index in [1.807, 2.05) is 36.4 Å². The number of nitrogens with zero attached hydrogens (tertiary/aromatic N) is 1. The van der Waals surface area contributed by atoms with Crippen molar-refractivity contribution in [3.8, 4) is 5.75 Å². The molecule has 1 aromatic heterocycles. The number of nitrogens with one attached hydrogen (secondary N) is 1. The van der Waals surface area contributed by atoms with Gasteiger partial charge in [0.25, 0.3) is 0 Å². The number of carbonyl (C=O) groups is 1. The third kappa shape index (κ3) is 3.09. The molecule has 0 bridgehead atoms. The SMILES string of the molecule is COc1cccc(NC(=O)Cc2ccc3oc(C)nc3c2)c1. The third-order valence-corrected chi connectivity index (χ3v) is 3.28. The van der Waals surface area contributed by atoms with E-state index in [1.54, 1.807) is 20.1 Å². The zero-order valence-electron chi connectivity index (χ0n) is 12.4. The number of aryl methyl sites for hydroxylation is 1. The van der Waals surface area contributed by atoms with Crippen molar-refractivity contribution in [2.24, 2.45) is 0 Å². The van der Waals surface area contributed by atoms with Gasteiger partial charge in [-0.15, -0.1) is 0 Å². The number of oxazole rings is 1. The predicted octanol–water partition coefficient (Wildman–Crippen LogP) is 3.33. The number of rotatable bonds is 4. The predicted molar refractivity (Wildman–Crippen MR) is 84.1 cm³/mol. The fraction of sp³-hybridized carbons (Fsp3) is 0.176. The number of benzene rings is 2. The van der Waals surface area contributed by atoms with Gasteiger partial charge in [-0.2, -0.15) is 0 Å². The molecule has 0 aliphatic rings. The first-order valence-corrected chi connectivity index (χ1v) is 6.94. The Kier molecular flexibility index (Phi) is 3.78. The molecule has 3 rings (SSSR count). The molecule has 1 N–H and O–H groups in total. The van der Waals surface area contributed by atoms with Crippen molar-refractivity contribution in [2.75, 3.05) is 12.4 Å².